The first kappa shape index (κ1) is 23.6. The molecule has 183 valence electrons. The highest BCUT2D eigenvalue weighted by molar-refractivity contribution is 6.30. The fourth-order valence-electron chi connectivity index (χ4n) is 5.35. The van der Waals surface area contributed by atoms with Crippen LogP contribution in [-0.4, -0.2) is 25.1 Å². The summed E-state index contributed by atoms with van der Waals surface area (Å²) in [6.45, 7) is 0. The van der Waals surface area contributed by atoms with Crippen LogP contribution in [0.4, 0.5) is 21.0 Å². The number of urea groups is 2. The Morgan fingerprint density at radius 3 is 2.31 bits per heavy atom. The van der Waals surface area contributed by atoms with Gasteiger partial charge in [-0.25, -0.2) is 19.4 Å². The Morgan fingerprint density at radius 2 is 1.67 bits per heavy atom. The van der Waals surface area contributed by atoms with Crippen molar-refractivity contribution in [3.63, 3.8) is 0 Å². The third-order valence-corrected chi connectivity index (χ3v) is 7.16. The molecule has 1 aliphatic carbocycles. The normalized spacial score (nSPS) is 17.5. The van der Waals surface area contributed by atoms with Gasteiger partial charge in [0.25, 0.3) is 0 Å². The van der Waals surface area contributed by atoms with E-state index in [0.717, 1.165) is 33.8 Å². The van der Waals surface area contributed by atoms with Gasteiger partial charge in [-0.15, -0.1) is 0 Å². The van der Waals surface area contributed by atoms with E-state index in [1.54, 1.807) is 36.4 Å². The number of nitrogens with two attached hydrogens (primary N) is 1. The number of hydrogen-bond acceptors (Lipinski definition) is 4. The van der Waals surface area contributed by atoms with Crippen LogP contribution in [0, 0.1) is 6.07 Å². The Kier molecular flexibility index (Phi) is 6.46. The minimum absolute atomic E-state index is 0.249. The molecule has 1 atom stereocenters. The lowest BCUT2D eigenvalue weighted by molar-refractivity contribution is -0.117. The molecule has 0 bridgehead atoms. The van der Waals surface area contributed by atoms with Crippen molar-refractivity contribution in [3.8, 4) is 5.75 Å². The molecule has 3 aromatic rings. The van der Waals surface area contributed by atoms with Crippen molar-refractivity contribution in [1.29, 1.82) is 0 Å². The quantitative estimate of drug-likeness (QED) is 0.514. The van der Waals surface area contributed by atoms with Crippen molar-refractivity contribution in [3.05, 3.63) is 89.5 Å². The number of fused-ring (bicyclic) bond motifs is 1. The van der Waals surface area contributed by atoms with Crippen molar-refractivity contribution in [2.75, 3.05) is 16.9 Å². The first-order valence-electron chi connectivity index (χ1n) is 12.2. The second-order valence-electron chi connectivity index (χ2n) is 9.25. The van der Waals surface area contributed by atoms with Crippen LogP contribution in [0.2, 0.25) is 0 Å². The van der Waals surface area contributed by atoms with Gasteiger partial charge in [0.1, 0.15) is 5.75 Å². The maximum Gasteiger partial charge on any atom is 0.344 e. The molecule has 7 heteroatoms. The van der Waals surface area contributed by atoms with Gasteiger partial charge in [0.2, 0.25) is 5.91 Å². The van der Waals surface area contributed by atoms with E-state index in [2.05, 4.69) is 12.1 Å². The Hall–Kier alpha value is -4.13. The summed E-state index contributed by atoms with van der Waals surface area (Å²) in [7, 11) is 1.52. The van der Waals surface area contributed by atoms with Crippen LogP contribution >= 0.6 is 0 Å². The molecule has 2 aliphatic rings. The molecule has 0 saturated heterocycles. The molecule has 1 fully saturated rings. The summed E-state index contributed by atoms with van der Waals surface area (Å²) in [5.74, 6) is -0.0704. The Bertz CT molecular complexity index is 1280. The fraction of sp³-hybridized carbons (Fsp3) is 0.276. The number of methoxy groups -OCH3 is 1. The number of benzene rings is 3. The molecular formula is C29H28N3O4. The van der Waals surface area contributed by atoms with Crippen LogP contribution in [0.3, 0.4) is 0 Å². The molecule has 1 unspecified atom stereocenters. The van der Waals surface area contributed by atoms with Gasteiger partial charge >= 0.3 is 12.1 Å². The SMILES string of the molecule is COc1ccc(N(C(N)=O)C(=O)N2C(=O)C(c3cc[c]cc3)c3cc(C4CCCCC4)ccc32)cc1. The smallest absolute Gasteiger partial charge is 0.344 e. The summed E-state index contributed by atoms with van der Waals surface area (Å²) < 4.78 is 5.17. The van der Waals surface area contributed by atoms with Gasteiger partial charge in [-0.1, -0.05) is 55.7 Å². The highest BCUT2D eigenvalue weighted by Crippen LogP contribution is 2.44. The summed E-state index contributed by atoms with van der Waals surface area (Å²) in [5, 5.41) is 0. The van der Waals surface area contributed by atoms with E-state index in [0.29, 0.717) is 17.4 Å². The highest BCUT2D eigenvalue weighted by atomic mass is 16.5. The molecule has 3 aromatic carbocycles. The number of rotatable bonds is 4. The van der Waals surface area contributed by atoms with E-state index >= 15 is 0 Å². The molecule has 36 heavy (non-hydrogen) atoms. The maximum absolute atomic E-state index is 13.8. The molecule has 1 radical (unpaired) electrons. The van der Waals surface area contributed by atoms with Gasteiger partial charge in [0, 0.05) is 0 Å². The third kappa shape index (κ3) is 4.21. The second-order valence-corrected chi connectivity index (χ2v) is 9.25. The summed E-state index contributed by atoms with van der Waals surface area (Å²) in [6.07, 6.45) is 5.87. The number of carbonyl (C=O) groups is 3. The topological polar surface area (TPSA) is 92.9 Å². The van der Waals surface area contributed by atoms with Gasteiger partial charge in [-0.05, 0) is 71.8 Å². The van der Waals surface area contributed by atoms with Crippen LogP contribution in [-0.2, 0) is 4.79 Å². The van der Waals surface area contributed by atoms with Crippen molar-refractivity contribution < 1.29 is 19.1 Å². The van der Waals surface area contributed by atoms with Crippen molar-refractivity contribution in [2.24, 2.45) is 5.73 Å². The molecule has 5 rings (SSSR count). The largest absolute Gasteiger partial charge is 0.497 e. The van der Waals surface area contributed by atoms with Gasteiger partial charge in [0.05, 0.1) is 24.4 Å². The molecule has 7 nitrogen and oxygen atoms in total. The number of carbonyl (C=O) groups excluding carboxylic acids is 3. The average molecular weight is 483 g/mol. The van der Waals surface area contributed by atoms with Crippen LogP contribution in [0.1, 0.15) is 60.6 Å². The zero-order valence-electron chi connectivity index (χ0n) is 20.1. The average Bonchev–Trinajstić information content (AvgIpc) is 3.20. The number of imide groups is 2. The number of amides is 5. The predicted molar refractivity (Wildman–Crippen MR) is 137 cm³/mol. The second kappa shape index (κ2) is 9.85. The van der Waals surface area contributed by atoms with Crippen LogP contribution in [0.25, 0.3) is 0 Å². The van der Waals surface area contributed by atoms with Gasteiger partial charge < -0.3 is 10.5 Å². The number of anilines is 2. The molecular weight excluding hydrogens is 454 g/mol. The van der Waals surface area contributed by atoms with Crippen LogP contribution in [0.5, 0.6) is 5.75 Å². The van der Waals surface area contributed by atoms with E-state index in [1.165, 1.54) is 31.9 Å². The van der Waals surface area contributed by atoms with Gasteiger partial charge in [-0.3, -0.25) is 4.79 Å². The number of ether oxygens (including phenoxy) is 1. The lowest BCUT2D eigenvalue weighted by atomic mass is 9.82. The van der Waals surface area contributed by atoms with Crippen molar-refractivity contribution in [1.82, 2.24) is 0 Å². The number of primary amides is 1. The van der Waals surface area contributed by atoms with Crippen LogP contribution in [0.15, 0.2) is 66.7 Å². The Labute approximate surface area is 210 Å². The molecule has 5 amide bonds. The summed E-state index contributed by atoms with van der Waals surface area (Å²) in [4.78, 5) is 42.0. The molecule has 1 heterocycles. The van der Waals surface area contributed by atoms with Crippen molar-refractivity contribution >= 4 is 29.3 Å². The third-order valence-electron chi connectivity index (χ3n) is 7.16. The summed E-state index contributed by atoms with van der Waals surface area (Å²) in [6, 6.07) is 20.6. The van der Waals surface area contributed by atoms with E-state index in [1.807, 2.05) is 24.3 Å². The van der Waals surface area contributed by atoms with E-state index in [4.69, 9.17) is 10.5 Å². The molecule has 2 N–H and O–H groups in total. The van der Waals surface area contributed by atoms with Gasteiger partial charge in [-0.2, -0.15) is 0 Å². The lowest BCUT2D eigenvalue weighted by Gasteiger charge is -2.25. The summed E-state index contributed by atoms with van der Waals surface area (Å²) >= 11 is 0. The fourth-order valence-corrected chi connectivity index (χ4v) is 5.35. The first-order chi connectivity index (χ1) is 17.5. The minimum Gasteiger partial charge on any atom is -0.497 e. The minimum atomic E-state index is -0.976. The van der Waals surface area contributed by atoms with E-state index in [9.17, 15) is 14.4 Å². The van der Waals surface area contributed by atoms with Gasteiger partial charge in [0.15, 0.2) is 0 Å². The van der Waals surface area contributed by atoms with Crippen LogP contribution < -0.4 is 20.3 Å². The van der Waals surface area contributed by atoms with E-state index in [-0.39, 0.29) is 5.69 Å². The molecule has 1 saturated carbocycles. The molecule has 0 aromatic heterocycles. The number of nitrogens with zero attached hydrogens (tertiary/aromatic N) is 2. The first-order valence-corrected chi connectivity index (χ1v) is 12.2. The Balaban J connectivity index is 1.58. The molecule has 0 spiro atoms. The molecule has 1 aliphatic heterocycles. The standard InChI is InChI=1S/C29H28N3O4/c1-36-23-15-13-22(14-16-23)31(28(30)34)29(35)32-25-17-12-21(19-8-4-2-5-9-19)18-24(25)26(27(32)33)20-10-6-3-7-11-20/h6-7,10-19,26H,2,4-5,8-9H2,1H3,(H2,30,34). The zero-order valence-corrected chi connectivity index (χ0v) is 20.1. The van der Waals surface area contributed by atoms with Crippen molar-refractivity contribution in [2.45, 2.75) is 43.9 Å². The zero-order chi connectivity index (χ0) is 25.2. The predicted octanol–water partition coefficient (Wildman–Crippen LogP) is 5.73. The van der Waals surface area contributed by atoms with E-state index < -0.39 is 23.9 Å². The lowest BCUT2D eigenvalue weighted by Crippen LogP contribution is -2.50. The summed E-state index contributed by atoms with van der Waals surface area (Å²) in [5.41, 5.74) is 9.08. The monoisotopic (exact) mass is 482 g/mol. The number of hydrogen-bond donors (Lipinski definition) is 1. The maximum atomic E-state index is 13.8. The highest BCUT2D eigenvalue weighted by Gasteiger charge is 2.44. The Morgan fingerprint density at radius 1 is 0.972 bits per heavy atom.